The number of rotatable bonds is 4. The highest BCUT2D eigenvalue weighted by molar-refractivity contribution is 6.03. The zero-order valence-corrected chi connectivity index (χ0v) is 13.9. The van der Waals surface area contributed by atoms with E-state index in [-0.39, 0.29) is 24.1 Å². The SMILES string of the molecule is CN1C(=O)Cc2cc(C(=O)Cn3nnc(-c4ccc(F)cc4)n3)ccc21. The zero-order valence-electron chi connectivity index (χ0n) is 13.9. The van der Waals surface area contributed by atoms with Crippen molar-refractivity contribution in [2.24, 2.45) is 0 Å². The molecule has 0 saturated heterocycles. The minimum Gasteiger partial charge on any atom is -0.315 e. The quantitative estimate of drug-likeness (QED) is 0.671. The Kier molecular flexibility index (Phi) is 3.80. The Balaban J connectivity index is 1.52. The summed E-state index contributed by atoms with van der Waals surface area (Å²) in [4.78, 5) is 27.0. The van der Waals surface area contributed by atoms with Crippen molar-refractivity contribution in [2.45, 2.75) is 13.0 Å². The molecule has 130 valence electrons. The van der Waals surface area contributed by atoms with Crippen molar-refractivity contribution in [3.05, 3.63) is 59.4 Å². The van der Waals surface area contributed by atoms with Crippen LogP contribution in [0.5, 0.6) is 0 Å². The number of likely N-dealkylation sites (N-methyl/N-ethyl adjacent to an activating group) is 1. The van der Waals surface area contributed by atoms with Gasteiger partial charge in [-0.15, -0.1) is 10.2 Å². The summed E-state index contributed by atoms with van der Waals surface area (Å²) >= 11 is 0. The van der Waals surface area contributed by atoms with Gasteiger partial charge in [-0.2, -0.15) is 4.80 Å². The second-order valence-electron chi connectivity index (χ2n) is 6.05. The Morgan fingerprint density at radius 1 is 1.19 bits per heavy atom. The first kappa shape index (κ1) is 16.1. The van der Waals surface area contributed by atoms with E-state index >= 15 is 0 Å². The molecule has 0 bridgehead atoms. The fraction of sp³-hybridized carbons (Fsp3) is 0.167. The van der Waals surface area contributed by atoms with E-state index in [0.717, 1.165) is 11.3 Å². The molecule has 1 aliphatic rings. The first-order chi connectivity index (χ1) is 12.5. The van der Waals surface area contributed by atoms with Gasteiger partial charge in [0.05, 0.1) is 6.42 Å². The number of anilines is 1. The minimum atomic E-state index is -0.350. The standard InChI is InChI=1S/C18H14FN5O2/c1-23-15-7-4-12(8-13(15)9-17(23)26)16(25)10-24-21-18(20-22-24)11-2-5-14(19)6-3-11/h2-8H,9-10H2,1H3. The van der Waals surface area contributed by atoms with Crippen LogP contribution in [-0.4, -0.2) is 38.9 Å². The van der Waals surface area contributed by atoms with E-state index in [1.165, 1.54) is 16.9 Å². The fourth-order valence-electron chi connectivity index (χ4n) is 2.89. The van der Waals surface area contributed by atoms with Gasteiger partial charge in [0, 0.05) is 23.9 Å². The summed E-state index contributed by atoms with van der Waals surface area (Å²) in [5.41, 5.74) is 2.77. The first-order valence-electron chi connectivity index (χ1n) is 7.98. The number of aromatic nitrogens is 4. The minimum absolute atomic E-state index is 0.00600. The summed E-state index contributed by atoms with van der Waals surface area (Å²) < 4.78 is 13.0. The van der Waals surface area contributed by atoms with E-state index in [2.05, 4.69) is 15.4 Å². The van der Waals surface area contributed by atoms with Crippen LogP contribution in [0.25, 0.3) is 11.4 Å². The summed E-state index contributed by atoms with van der Waals surface area (Å²) in [5.74, 6) is -0.208. The monoisotopic (exact) mass is 351 g/mol. The molecule has 1 aliphatic heterocycles. The number of nitrogens with zero attached hydrogens (tertiary/aromatic N) is 5. The van der Waals surface area contributed by atoms with Gasteiger partial charge in [-0.25, -0.2) is 4.39 Å². The molecule has 0 spiro atoms. The van der Waals surface area contributed by atoms with E-state index in [1.54, 1.807) is 42.3 Å². The normalized spacial score (nSPS) is 13.2. The van der Waals surface area contributed by atoms with Crippen LogP contribution in [0.1, 0.15) is 15.9 Å². The summed E-state index contributed by atoms with van der Waals surface area (Å²) in [6, 6.07) is 10.9. The van der Waals surface area contributed by atoms with Crippen LogP contribution in [0.15, 0.2) is 42.5 Å². The maximum absolute atomic E-state index is 13.0. The molecule has 2 aromatic carbocycles. The van der Waals surface area contributed by atoms with Gasteiger partial charge < -0.3 is 4.90 Å². The van der Waals surface area contributed by atoms with Crippen molar-refractivity contribution in [2.75, 3.05) is 11.9 Å². The van der Waals surface area contributed by atoms with Crippen LogP contribution in [0.2, 0.25) is 0 Å². The topological polar surface area (TPSA) is 81.0 Å². The lowest BCUT2D eigenvalue weighted by molar-refractivity contribution is -0.117. The number of Topliss-reactive ketones (excluding diaryl/α,β-unsaturated/α-hetero) is 1. The molecule has 1 aromatic heterocycles. The van der Waals surface area contributed by atoms with Gasteiger partial charge in [0.2, 0.25) is 11.7 Å². The number of carbonyl (C=O) groups is 2. The number of carbonyl (C=O) groups excluding carboxylic acids is 2. The molecule has 0 aliphatic carbocycles. The van der Waals surface area contributed by atoms with Gasteiger partial charge in [0.25, 0.3) is 0 Å². The van der Waals surface area contributed by atoms with Crippen molar-refractivity contribution in [3.8, 4) is 11.4 Å². The number of tetrazole rings is 1. The Labute approximate surface area is 148 Å². The summed E-state index contributed by atoms with van der Waals surface area (Å²) in [5, 5.41) is 11.9. The maximum Gasteiger partial charge on any atom is 0.231 e. The molecule has 4 rings (SSSR count). The van der Waals surface area contributed by atoms with E-state index in [0.29, 0.717) is 23.4 Å². The molecular weight excluding hydrogens is 337 g/mol. The number of amides is 1. The van der Waals surface area contributed by atoms with Crippen LogP contribution >= 0.6 is 0 Å². The molecule has 8 heteroatoms. The maximum atomic E-state index is 13.0. The fourth-order valence-corrected chi connectivity index (χ4v) is 2.89. The first-order valence-corrected chi connectivity index (χ1v) is 7.98. The average Bonchev–Trinajstić information content (AvgIpc) is 3.20. The number of fused-ring (bicyclic) bond motifs is 1. The highest BCUT2D eigenvalue weighted by Gasteiger charge is 2.25. The molecule has 7 nitrogen and oxygen atoms in total. The van der Waals surface area contributed by atoms with Crippen LogP contribution in [0.3, 0.4) is 0 Å². The Bertz CT molecular complexity index is 1010. The van der Waals surface area contributed by atoms with E-state index < -0.39 is 0 Å². The second kappa shape index (κ2) is 6.14. The number of hydrogen-bond acceptors (Lipinski definition) is 5. The molecule has 2 heterocycles. The lowest BCUT2D eigenvalue weighted by Crippen LogP contribution is -2.20. The van der Waals surface area contributed by atoms with E-state index in [1.807, 2.05) is 0 Å². The number of halogens is 1. The molecule has 0 saturated carbocycles. The lowest BCUT2D eigenvalue weighted by Gasteiger charge is -2.10. The number of benzene rings is 2. The van der Waals surface area contributed by atoms with Gasteiger partial charge in [-0.1, -0.05) is 0 Å². The third-order valence-electron chi connectivity index (χ3n) is 4.32. The highest BCUT2D eigenvalue weighted by Crippen LogP contribution is 2.28. The zero-order chi connectivity index (χ0) is 18.3. The molecule has 0 fully saturated rings. The van der Waals surface area contributed by atoms with Crippen LogP contribution in [-0.2, 0) is 17.8 Å². The highest BCUT2D eigenvalue weighted by atomic mass is 19.1. The Morgan fingerprint density at radius 3 is 2.73 bits per heavy atom. The number of hydrogen-bond donors (Lipinski definition) is 0. The average molecular weight is 351 g/mol. The van der Waals surface area contributed by atoms with Gasteiger partial charge in [0.15, 0.2) is 5.78 Å². The summed E-state index contributed by atoms with van der Waals surface area (Å²) in [7, 11) is 1.71. The van der Waals surface area contributed by atoms with Crippen molar-refractivity contribution >= 4 is 17.4 Å². The predicted molar refractivity (Wildman–Crippen MR) is 91.1 cm³/mol. The third-order valence-corrected chi connectivity index (χ3v) is 4.32. The second-order valence-corrected chi connectivity index (χ2v) is 6.05. The summed E-state index contributed by atoms with van der Waals surface area (Å²) in [6.45, 7) is -0.0727. The third kappa shape index (κ3) is 2.85. The molecule has 0 atom stereocenters. The molecule has 3 aromatic rings. The Hall–Kier alpha value is -3.42. The summed E-state index contributed by atoms with van der Waals surface area (Å²) in [6.07, 6.45) is 0.295. The van der Waals surface area contributed by atoms with Crippen molar-refractivity contribution in [1.82, 2.24) is 20.2 Å². The van der Waals surface area contributed by atoms with Crippen molar-refractivity contribution in [3.63, 3.8) is 0 Å². The van der Waals surface area contributed by atoms with Crippen molar-refractivity contribution < 1.29 is 14.0 Å². The molecular formula is C18H14FN5O2. The molecule has 0 radical (unpaired) electrons. The van der Waals surface area contributed by atoms with Crippen LogP contribution < -0.4 is 4.90 Å². The van der Waals surface area contributed by atoms with Gasteiger partial charge in [-0.3, -0.25) is 9.59 Å². The van der Waals surface area contributed by atoms with Gasteiger partial charge in [-0.05, 0) is 53.2 Å². The van der Waals surface area contributed by atoms with Crippen molar-refractivity contribution in [1.29, 1.82) is 0 Å². The largest absolute Gasteiger partial charge is 0.315 e. The van der Waals surface area contributed by atoms with Gasteiger partial charge in [0.1, 0.15) is 12.4 Å². The smallest absolute Gasteiger partial charge is 0.231 e. The molecule has 0 N–H and O–H groups in total. The molecule has 0 unspecified atom stereocenters. The van der Waals surface area contributed by atoms with E-state index in [4.69, 9.17) is 0 Å². The van der Waals surface area contributed by atoms with Crippen LogP contribution in [0.4, 0.5) is 10.1 Å². The Morgan fingerprint density at radius 2 is 1.96 bits per heavy atom. The molecule has 1 amide bonds. The predicted octanol–water partition coefficient (Wildman–Crippen LogP) is 1.88. The molecule has 26 heavy (non-hydrogen) atoms. The van der Waals surface area contributed by atoms with Crippen LogP contribution in [0, 0.1) is 5.82 Å². The van der Waals surface area contributed by atoms with Gasteiger partial charge >= 0.3 is 0 Å². The lowest BCUT2D eigenvalue weighted by atomic mass is 10.1. The van der Waals surface area contributed by atoms with E-state index in [9.17, 15) is 14.0 Å². The number of ketones is 1.